The Morgan fingerprint density at radius 3 is 2.63 bits per heavy atom. The van der Waals surface area contributed by atoms with Crippen LogP contribution in [0, 0.1) is 6.92 Å². The minimum atomic E-state index is 0.493. The molecule has 0 amide bonds. The Hall–Kier alpha value is -1.61. The Morgan fingerprint density at radius 2 is 2.00 bits per heavy atom. The van der Waals surface area contributed by atoms with Gasteiger partial charge in [-0.05, 0) is 38.9 Å². The van der Waals surface area contributed by atoms with Gasteiger partial charge in [0.15, 0.2) is 0 Å². The Bertz CT molecular complexity index is 502. The van der Waals surface area contributed by atoms with E-state index in [0.717, 1.165) is 25.2 Å². The van der Waals surface area contributed by atoms with E-state index in [4.69, 9.17) is 0 Å². The van der Waals surface area contributed by atoms with Gasteiger partial charge in [-0.1, -0.05) is 30.3 Å². The lowest BCUT2D eigenvalue weighted by Gasteiger charge is -2.17. The summed E-state index contributed by atoms with van der Waals surface area (Å²) in [5.41, 5.74) is 3.82. The number of nitrogens with one attached hydrogen (secondary N) is 1. The molecule has 2 rings (SSSR count). The lowest BCUT2D eigenvalue weighted by atomic mass is 9.94. The fourth-order valence-corrected chi connectivity index (χ4v) is 2.57. The van der Waals surface area contributed by atoms with Crippen molar-refractivity contribution in [1.29, 1.82) is 0 Å². The predicted octanol–water partition coefficient (Wildman–Crippen LogP) is 2.76. The first kappa shape index (κ1) is 13.8. The first-order valence-corrected chi connectivity index (χ1v) is 6.97. The van der Waals surface area contributed by atoms with Crippen LogP contribution >= 0.6 is 0 Å². The van der Waals surface area contributed by atoms with Crippen LogP contribution in [0.3, 0.4) is 0 Å². The summed E-state index contributed by atoms with van der Waals surface area (Å²) in [6.45, 7) is 6.12. The van der Waals surface area contributed by atoms with E-state index in [9.17, 15) is 0 Å². The van der Waals surface area contributed by atoms with Crippen molar-refractivity contribution in [2.24, 2.45) is 0 Å². The lowest BCUT2D eigenvalue weighted by molar-refractivity contribution is 0.563. The quantitative estimate of drug-likeness (QED) is 0.862. The molecule has 1 heterocycles. The molecule has 0 spiro atoms. The second kappa shape index (κ2) is 6.53. The number of rotatable bonds is 6. The molecule has 0 aliphatic heterocycles. The molecule has 102 valence electrons. The molecular weight excluding hydrogens is 234 g/mol. The number of benzene rings is 1. The van der Waals surface area contributed by atoms with Crippen molar-refractivity contribution < 1.29 is 0 Å². The standard InChI is InChI=1S/C16H23N3/c1-4-19-16(10-13(2)18-19)11-15(12-17-3)14-8-6-5-7-9-14/h5-10,15,17H,4,11-12H2,1-3H3. The van der Waals surface area contributed by atoms with Crippen LogP contribution in [0.5, 0.6) is 0 Å². The molecule has 1 aromatic heterocycles. The third kappa shape index (κ3) is 3.44. The highest BCUT2D eigenvalue weighted by molar-refractivity contribution is 5.23. The first-order valence-electron chi connectivity index (χ1n) is 6.97. The van der Waals surface area contributed by atoms with E-state index in [1.54, 1.807) is 0 Å². The van der Waals surface area contributed by atoms with E-state index in [1.165, 1.54) is 11.3 Å². The average molecular weight is 257 g/mol. The van der Waals surface area contributed by atoms with Crippen LogP contribution in [-0.2, 0) is 13.0 Å². The van der Waals surface area contributed by atoms with Gasteiger partial charge in [-0.25, -0.2) is 0 Å². The third-order valence-corrected chi connectivity index (χ3v) is 3.46. The van der Waals surface area contributed by atoms with E-state index in [2.05, 4.69) is 65.3 Å². The van der Waals surface area contributed by atoms with E-state index < -0.39 is 0 Å². The summed E-state index contributed by atoms with van der Waals surface area (Å²) in [6, 6.07) is 12.9. The molecule has 0 aliphatic rings. The summed E-state index contributed by atoms with van der Waals surface area (Å²) in [7, 11) is 2.01. The SMILES string of the molecule is CCn1nc(C)cc1CC(CNC)c1ccccc1. The highest BCUT2D eigenvalue weighted by Crippen LogP contribution is 2.20. The molecule has 1 unspecified atom stereocenters. The van der Waals surface area contributed by atoms with Crippen LogP contribution in [-0.4, -0.2) is 23.4 Å². The van der Waals surface area contributed by atoms with Gasteiger partial charge >= 0.3 is 0 Å². The molecule has 0 aliphatic carbocycles. The van der Waals surface area contributed by atoms with E-state index in [-0.39, 0.29) is 0 Å². The van der Waals surface area contributed by atoms with Gasteiger partial charge in [-0.2, -0.15) is 5.10 Å². The van der Waals surface area contributed by atoms with Gasteiger partial charge in [0.1, 0.15) is 0 Å². The van der Waals surface area contributed by atoms with Crippen molar-refractivity contribution in [1.82, 2.24) is 15.1 Å². The van der Waals surface area contributed by atoms with Gasteiger partial charge in [-0.3, -0.25) is 4.68 Å². The molecule has 19 heavy (non-hydrogen) atoms. The van der Waals surface area contributed by atoms with Gasteiger partial charge in [-0.15, -0.1) is 0 Å². The third-order valence-electron chi connectivity index (χ3n) is 3.46. The Kier molecular flexibility index (Phi) is 4.74. The van der Waals surface area contributed by atoms with Crippen molar-refractivity contribution >= 4 is 0 Å². The molecule has 1 atom stereocenters. The highest BCUT2D eigenvalue weighted by atomic mass is 15.3. The largest absolute Gasteiger partial charge is 0.319 e. The average Bonchev–Trinajstić information content (AvgIpc) is 2.79. The maximum absolute atomic E-state index is 4.53. The zero-order chi connectivity index (χ0) is 13.7. The van der Waals surface area contributed by atoms with Gasteiger partial charge in [0.25, 0.3) is 0 Å². The van der Waals surface area contributed by atoms with Crippen LogP contribution in [0.1, 0.15) is 29.8 Å². The van der Waals surface area contributed by atoms with E-state index in [0.29, 0.717) is 5.92 Å². The zero-order valence-corrected chi connectivity index (χ0v) is 12.1. The summed E-state index contributed by atoms with van der Waals surface area (Å²) in [5, 5.41) is 7.83. The van der Waals surface area contributed by atoms with Crippen LogP contribution in [0.2, 0.25) is 0 Å². The predicted molar refractivity (Wildman–Crippen MR) is 79.5 cm³/mol. The maximum Gasteiger partial charge on any atom is 0.0596 e. The molecule has 0 fully saturated rings. The van der Waals surface area contributed by atoms with Crippen molar-refractivity contribution in [3.63, 3.8) is 0 Å². The van der Waals surface area contributed by atoms with Crippen molar-refractivity contribution in [3.05, 3.63) is 53.3 Å². The van der Waals surface area contributed by atoms with E-state index >= 15 is 0 Å². The fraction of sp³-hybridized carbons (Fsp3) is 0.438. The van der Waals surface area contributed by atoms with Gasteiger partial charge in [0, 0.05) is 24.7 Å². The second-order valence-electron chi connectivity index (χ2n) is 4.96. The normalized spacial score (nSPS) is 12.6. The molecule has 0 saturated carbocycles. The molecule has 3 nitrogen and oxygen atoms in total. The minimum absolute atomic E-state index is 0.493. The summed E-state index contributed by atoms with van der Waals surface area (Å²) < 4.78 is 2.11. The smallest absolute Gasteiger partial charge is 0.0596 e. The number of hydrogen-bond donors (Lipinski definition) is 1. The number of likely N-dealkylation sites (N-methyl/N-ethyl adjacent to an activating group) is 1. The number of nitrogens with zero attached hydrogens (tertiary/aromatic N) is 2. The molecule has 0 radical (unpaired) electrons. The monoisotopic (exact) mass is 257 g/mol. The van der Waals surface area contributed by atoms with Crippen molar-refractivity contribution in [3.8, 4) is 0 Å². The molecule has 3 heteroatoms. The Balaban J connectivity index is 2.21. The topological polar surface area (TPSA) is 29.9 Å². The van der Waals surface area contributed by atoms with E-state index in [1.807, 2.05) is 7.05 Å². The van der Waals surface area contributed by atoms with Crippen LogP contribution < -0.4 is 5.32 Å². The molecule has 0 bridgehead atoms. The summed E-state index contributed by atoms with van der Waals surface area (Å²) in [4.78, 5) is 0. The lowest BCUT2D eigenvalue weighted by Crippen LogP contribution is -2.20. The summed E-state index contributed by atoms with van der Waals surface area (Å²) in [6.07, 6.45) is 1.03. The van der Waals surface area contributed by atoms with Gasteiger partial charge < -0.3 is 5.32 Å². The van der Waals surface area contributed by atoms with Crippen molar-refractivity contribution in [2.45, 2.75) is 32.7 Å². The zero-order valence-electron chi connectivity index (χ0n) is 12.1. The van der Waals surface area contributed by atoms with Gasteiger partial charge in [0.05, 0.1) is 5.69 Å². The van der Waals surface area contributed by atoms with Crippen molar-refractivity contribution in [2.75, 3.05) is 13.6 Å². The van der Waals surface area contributed by atoms with Crippen LogP contribution in [0.4, 0.5) is 0 Å². The highest BCUT2D eigenvalue weighted by Gasteiger charge is 2.14. The molecule has 1 aromatic carbocycles. The molecule has 2 aromatic rings. The number of hydrogen-bond acceptors (Lipinski definition) is 2. The maximum atomic E-state index is 4.53. The van der Waals surface area contributed by atoms with Crippen LogP contribution in [0.15, 0.2) is 36.4 Å². The molecule has 1 N–H and O–H groups in total. The first-order chi connectivity index (χ1) is 9.24. The summed E-state index contributed by atoms with van der Waals surface area (Å²) in [5.74, 6) is 0.493. The second-order valence-corrected chi connectivity index (χ2v) is 4.96. The Morgan fingerprint density at radius 1 is 1.26 bits per heavy atom. The fourth-order valence-electron chi connectivity index (χ4n) is 2.57. The minimum Gasteiger partial charge on any atom is -0.319 e. The molecule has 0 saturated heterocycles. The number of aryl methyl sites for hydroxylation is 2. The summed E-state index contributed by atoms with van der Waals surface area (Å²) >= 11 is 0. The number of aromatic nitrogens is 2. The molecular formula is C16H23N3. The van der Waals surface area contributed by atoms with Gasteiger partial charge in [0.2, 0.25) is 0 Å². The Labute approximate surface area is 115 Å². The van der Waals surface area contributed by atoms with Crippen LogP contribution in [0.25, 0.3) is 0 Å².